The molecule has 0 radical (unpaired) electrons. The highest BCUT2D eigenvalue weighted by molar-refractivity contribution is 5.90. The van der Waals surface area contributed by atoms with Crippen LogP contribution in [-0.4, -0.2) is 53.8 Å². The van der Waals surface area contributed by atoms with Gasteiger partial charge < -0.3 is 25.4 Å². The number of carbonyl (C=O) groups excluding carboxylic acids is 2. The second-order valence-corrected chi connectivity index (χ2v) is 15.9. The molecule has 1 aromatic heterocycles. The molecule has 0 saturated carbocycles. The fraction of sp³-hybridized carbons (Fsp3) is 0.540. The average Bonchev–Trinajstić information content (AvgIpc) is 3.29. The summed E-state index contributed by atoms with van der Waals surface area (Å²) in [6.07, 6.45) is 13.6. The molecule has 4 aromatic rings. The Morgan fingerprint density at radius 3 is 1.32 bits per heavy atom. The van der Waals surface area contributed by atoms with Gasteiger partial charge in [-0.25, -0.2) is 19.4 Å². The van der Waals surface area contributed by atoms with E-state index in [4.69, 9.17) is 19.2 Å². The summed E-state index contributed by atoms with van der Waals surface area (Å²) in [5.74, 6) is 2.03. The Hall–Kier alpha value is -5.07. The van der Waals surface area contributed by atoms with E-state index in [0.717, 1.165) is 80.4 Å². The van der Waals surface area contributed by atoms with Gasteiger partial charge in [-0.1, -0.05) is 111 Å². The van der Waals surface area contributed by atoms with E-state index in [1.807, 2.05) is 31.3 Å². The van der Waals surface area contributed by atoms with E-state index >= 15 is 0 Å². The van der Waals surface area contributed by atoms with Gasteiger partial charge in [-0.05, 0) is 110 Å². The molecule has 4 rings (SSSR count). The third-order valence-corrected chi connectivity index (χ3v) is 10.9. The molecule has 3 atom stereocenters. The molecule has 0 aliphatic heterocycles. The monoisotopic (exact) mass is 855 g/mol. The van der Waals surface area contributed by atoms with Crippen molar-refractivity contribution in [2.75, 3.05) is 42.8 Å². The van der Waals surface area contributed by atoms with Crippen molar-refractivity contribution < 1.29 is 28.8 Å². The SMILES string of the molecule is CCCCC(CC)COC(=O)c1ccc(Nc2nc(C)nc(Nc3ccc(C(=O)OCC(CC)CCCC)cc3)n2)cc1.CCCCC(CC)COOCc1ccc(NC)cc1. The van der Waals surface area contributed by atoms with E-state index in [2.05, 4.69) is 72.4 Å². The van der Waals surface area contributed by atoms with Gasteiger partial charge in [-0.2, -0.15) is 15.0 Å². The fourth-order valence-corrected chi connectivity index (χ4v) is 6.50. The number of nitrogens with one attached hydrogen (secondary N) is 3. The highest BCUT2D eigenvalue weighted by atomic mass is 17.2. The van der Waals surface area contributed by atoms with Gasteiger partial charge in [0.1, 0.15) is 12.4 Å². The van der Waals surface area contributed by atoms with Gasteiger partial charge >= 0.3 is 11.9 Å². The summed E-state index contributed by atoms with van der Waals surface area (Å²) in [7, 11) is 1.91. The second kappa shape index (κ2) is 30.1. The molecule has 12 nitrogen and oxygen atoms in total. The Morgan fingerprint density at radius 1 is 0.532 bits per heavy atom. The van der Waals surface area contributed by atoms with Crippen molar-refractivity contribution in [3.63, 3.8) is 0 Å². The van der Waals surface area contributed by atoms with Crippen molar-refractivity contribution in [1.82, 2.24) is 15.0 Å². The van der Waals surface area contributed by atoms with Gasteiger partial charge in [0.05, 0.1) is 30.9 Å². The normalized spacial score (nSPS) is 12.3. The standard InChI is InChI=1S/C34H47N5O4.C16H27NO2/c1-6-10-12-25(8-3)22-42-31(40)27-14-18-29(19-15-27)37-33-35-24(5)36-34(39-33)38-30-20-16-28(17-21-30)32(41)43-23-26(9-4)13-11-7-2;1-4-6-7-14(5-2)12-18-19-13-15-8-10-16(17-3)11-9-15/h14-21,25-26H,6-13,22-23H2,1-5H3,(H2,35,36,37,38,39);8-11,14,17H,4-7,12-13H2,1-3H3. The van der Waals surface area contributed by atoms with Crippen LogP contribution < -0.4 is 16.0 Å². The number of carbonyl (C=O) groups is 2. The van der Waals surface area contributed by atoms with Crippen molar-refractivity contribution in [3.8, 4) is 0 Å². The van der Waals surface area contributed by atoms with E-state index in [1.165, 1.54) is 19.3 Å². The summed E-state index contributed by atoms with van der Waals surface area (Å²) in [6.45, 7) is 16.9. The fourth-order valence-electron chi connectivity index (χ4n) is 6.50. The lowest BCUT2D eigenvalue weighted by molar-refractivity contribution is -0.310. The smallest absolute Gasteiger partial charge is 0.338 e. The van der Waals surface area contributed by atoms with Crippen molar-refractivity contribution >= 4 is 40.9 Å². The van der Waals surface area contributed by atoms with E-state index < -0.39 is 0 Å². The topological polar surface area (TPSA) is 146 Å². The molecule has 3 N–H and O–H groups in total. The van der Waals surface area contributed by atoms with Crippen LogP contribution in [0.15, 0.2) is 72.8 Å². The van der Waals surface area contributed by atoms with Gasteiger partial charge in [0, 0.05) is 24.1 Å². The Labute approximate surface area is 371 Å². The van der Waals surface area contributed by atoms with Crippen LogP contribution in [0.2, 0.25) is 0 Å². The Kier molecular flexibility index (Phi) is 24.9. The first-order valence-electron chi connectivity index (χ1n) is 23.0. The molecule has 0 aliphatic carbocycles. The molecule has 0 fully saturated rings. The summed E-state index contributed by atoms with van der Waals surface area (Å²) in [5, 5.41) is 9.43. The Balaban J connectivity index is 0.000000450. The number of rotatable bonds is 28. The van der Waals surface area contributed by atoms with Crippen molar-refractivity contribution in [3.05, 3.63) is 95.3 Å². The maximum atomic E-state index is 12.5. The number of ether oxygens (including phenoxy) is 2. The molecule has 0 amide bonds. The Morgan fingerprint density at radius 2 is 0.935 bits per heavy atom. The van der Waals surface area contributed by atoms with Crippen LogP contribution in [0.4, 0.5) is 29.0 Å². The maximum Gasteiger partial charge on any atom is 0.338 e. The number of benzene rings is 3. The molecule has 0 bridgehead atoms. The van der Waals surface area contributed by atoms with E-state index in [1.54, 1.807) is 55.5 Å². The first-order chi connectivity index (χ1) is 30.1. The second-order valence-electron chi connectivity index (χ2n) is 15.9. The van der Waals surface area contributed by atoms with Gasteiger partial charge in [0.2, 0.25) is 11.9 Å². The molecule has 3 aromatic carbocycles. The van der Waals surface area contributed by atoms with Crippen molar-refractivity contribution in [2.45, 2.75) is 132 Å². The van der Waals surface area contributed by atoms with E-state index in [9.17, 15) is 9.59 Å². The molecular formula is C50H74N6O6. The first-order valence-corrected chi connectivity index (χ1v) is 23.0. The average molecular weight is 855 g/mol. The molecule has 0 saturated heterocycles. The summed E-state index contributed by atoms with van der Waals surface area (Å²) in [4.78, 5) is 48.9. The zero-order valence-corrected chi connectivity index (χ0v) is 38.8. The predicted octanol–water partition coefficient (Wildman–Crippen LogP) is 12.8. The van der Waals surface area contributed by atoms with E-state index in [0.29, 0.717) is 73.0 Å². The van der Waals surface area contributed by atoms with Gasteiger partial charge in [0.15, 0.2) is 0 Å². The number of nitrogens with zero attached hydrogens (tertiary/aromatic N) is 3. The predicted molar refractivity (Wildman–Crippen MR) is 251 cm³/mol. The van der Waals surface area contributed by atoms with Gasteiger partial charge in [-0.15, -0.1) is 0 Å². The van der Waals surface area contributed by atoms with Crippen LogP contribution in [0.25, 0.3) is 0 Å². The molecule has 0 aliphatic rings. The van der Waals surface area contributed by atoms with Crippen LogP contribution in [-0.2, 0) is 25.9 Å². The van der Waals surface area contributed by atoms with Crippen LogP contribution in [0, 0.1) is 24.7 Å². The summed E-state index contributed by atoms with van der Waals surface area (Å²) in [6, 6.07) is 22.2. The van der Waals surface area contributed by atoms with Crippen molar-refractivity contribution in [2.24, 2.45) is 17.8 Å². The molecule has 12 heteroatoms. The van der Waals surface area contributed by atoms with Crippen LogP contribution in [0.1, 0.15) is 151 Å². The first kappa shape index (κ1) is 51.3. The highest BCUT2D eigenvalue weighted by Gasteiger charge is 2.15. The third kappa shape index (κ3) is 19.8. The number of hydrogen-bond acceptors (Lipinski definition) is 12. The van der Waals surface area contributed by atoms with Crippen LogP contribution >= 0.6 is 0 Å². The molecular weight excluding hydrogens is 781 g/mol. The Bertz CT molecular complexity index is 1730. The zero-order chi connectivity index (χ0) is 45.0. The summed E-state index contributed by atoms with van der Waals surface area (Å²) in [5.41, 5.74) is 4.68. The molecule has 0 spiro atoms. The van der Waals surface area contributed by atoms with E-state index in [-0.39, 0.29) is 11.9 Å². The lowest BCUT2D eigenvalue weighted by Gasteiger charge is -2.15. The number of anilines is 5. The van der Waals surface area contributed by atoms with Crippen LogP contribution in [0.3, 0.4) is 0 Å². The third-order valence-electron chi connectivity index (χ3n) is 10.9. The van der Waals surface area contributed by atoms with Crippen molar-refractivity contribution in [1.29, 1.82) is 0 Å². The minimum absolute atomic E-state index is 0.319. The number of hydrogen-bond donors (Lipinski definition) is 3. The minimum Gasteiger partial charge on any atom is -0.462 e. The molecule has 62 heavy (non-hydrogen) atoms. The zero-order valence-electron chi connectivity index (χ0n) is 38.8. The number of unbranched alkanes of at least 4 members (excludes halogenated alkanes) is 3. The largest absolute Gasteiger partial charge is 0.462 e. The summed E-state index contributed by atoms with van der Waals surface area (Å²) < 4.78 is 11.1. The van der Waals surface area contributed by atoms with Crippen LogP contribution in [0.5, 0.6) is 0 Å². The lowest BCUT2D eigenvalue weighted by Crippen LogP contribution is -2.14. The lowest BCUT2D eigenvalue weighted by atomic mass is 10.0. The van der Waals surface area contributed by atoms with Gasteiger partial charge in [-0.3, -0.25) is 0 Å². The maximum absolute atomic E-state index is 12.5. The number of esters is 2. The molecule has 3 unspecified atom stereocenters. The number of aromatic nitrogens is 3. The molecule has 1 heterocycles. The van der Waals surface area contributed by atoms with Gasteiger partial charge in [0.25, 0.3) is 0 Å². The highest BCUT2D eigenvalue weighted by Crippen LogP contribution is 2.21. The number of aryl methyl sites for hydroxylation is 1. The minimum atomic E-state index is -0.319. The summed E-state index contributed by atoms with van der Waals surface area (Å²) >= 11 is 0. The molecule has 340 valence electrons. The quantitative estimate of drug-likeness (QED) is 0.0216.